The average Bonchev–Trinajstić information content (AvgIpc) is 3.15. The minimum absolute atomic E-state index is 0.255. The van der Waals surface area contributed by atoms with Crippen molar-refractivity contribution in [3.05, 3.63) is 54.5 Å². The molecule has 2 rings (SSSR count). The number of benzene rings is 1. The van der Waals surface area contributed by atoms with Crippen molar-refractivity contribution < 1.29 is 24.2 Å². The van der Waals surface area contributed by atoms with E-state index in [1.54, 1.807) is 12.1 Å². The van der Waals surface area contributed by atoms with E-state index in [1.807, 2.05) is 30.3 Å². The van der Waals surface area contributed by atoms with Crippen LogP contribution in [0.1, 0.15) is 44.0 Å². The number of carboxylic acids is 1. The standard InChI is InChI=1S/C19H22O5S/c20-15(18(21)16-11-7-13-24-16)10-5-2-6-12-17(19(22)23)25-14-8-3-1-4-9-14/h1,3-4,7-9,11,13,17-18,21H,2,5-6,10,12H2,(H,22,23). The fourth-order valence-electron chi connectivity index (χ4n) is 2.44. The Morgan fingerprint density at radius 3 is 2.44 bits per heavy atom. The molecule has 25 heavy (non-hydrogen) atoms. The quantitative estimate of drug-likeness (QED) is 0.463. The predicted molar refractivity (Wildman–Crippen MR) is 95.5 cm³/mol. The molecule has 0 aliphatic carbocycles. The zero-order valence-electron chi connectivity index (χ0n) is 13.8. The molecule has 6 heteroatoms. The zero-order valence-corrected chi connectivity index (χ0v) is 14.7. The van der Waals surface area contributed by atoms with Gasteiger partial charge < -0.3 is 14.6 Å². The molecule has 0 aliphatic rings. The first-order chi connectivity index (χ1) is 12.1. The molecule has 0 amide bonds. The van der Waals surface area contributed by atoms with E-state index in [1.165, 1.54) is 18.0 Å². The van der Waals surface area contributed by atoms with E-state index in [4.69, 9.17) is 4.42 Å². The van der Waals surface area contributed by atoms with Crippen LogP contribution in [0.25, 0.3) is 0 Å². The van der Waals surface area contributed by atoms with Gasteiger partial charge in [-0.2, -0.15) is 0 Å². The van der Waals surface area contributed by atoms with Crippen LogP contribution in [0, 0.1) is 0 Å². The molecule has 2 unspecified atom stereocenters. The van der Waals surface area contributed by atoms with Gasteiger partial charge in [0.05, 0.1) is 6.26 Å². The van der Waals surface area contributed by atoms with E-state index in [0.29, 0.717) is 12.8 Å². The number of rotatable bonds is 11. The second-order valence-electron chi connectivity index (χ2n) is 5.74. The number of furan rings is 1. The van der Waals surface area contributed by atoms with E-state index in [2.05, 4.69) is 0 Å². The molecule has 2 aromatic rings. The van der Waals surface area contributed by atoms with Gasteiger partial charge in [0, 0.05) is 11.3 Å². The van der Waals surface area contributed by atoms with Crippen molar-refractivity contribution in [1.29, 1.82) is 0 Å². The molecule has 134 valence electrons. The highest BCUT2D eigenvalue weighted by molar-refractivity contribution is 8.00. The molecule has 0 saturated heterocycles. The van der Waals surface area contributed by atoms with Crippen LogP contribution in [-0.2, 0) is 9.59 Å². The summed E-state index contributed by atoms with van der Waals surface area (Å²) in [5.41, 5.74) is 0. The van der Waals surface area contributed by atoms with Crippen LogP contribution in [-0.4, -0.2) is 27.2 Å². The highest BCUT2D eigenvalue weighted by atomic mass is 32.2. The molecule has 0 fully saturated rings. The number of thioether (sulfide) groups is 1. The minimum atomic E-state index is -1.21. The number of aliphatic hydroxyl groups excluding tert-OH is 1. The maximum atomic E-state index is 11.9. The smallest absolute Gasteiger partial charge is 0.316 e. The first kappa shape index (κ1) is 19.3. The summed E-state index contributed by atoms with van der Waals surface area (Å²) in [5.74, 6) is -0.836. The number of aliphatic hydroxyl groups is 1. The molecule has 5 nitrogen and oxygen atoms in total. The summed E-state index contributed by atoms with van der Waals surface area (Å²) < 4.78 is 5.02. The second-order valence-corrected chi connectivity index (χ2v) is 7.02. The summed E-state index contributed by atoms with van der Waals surface area (Å²) >= 11 is 1.35. The van der Waals surface area contributed by atoms with Gasteiger partial charge in [0.2, 0.25) is 0 Å². The van der Waals surface area contributed by atoms with Crippen LogP contribution < -0.4 is 0 Å². The van der Waals surface area contributed by atoms with Gasteiger partial charge in [-0.1, -0.05) is 31.0 Å². The first-order valence-electron chi connectivity index (χ1n) is 8.26. The third kappa shape index (κ3) is 6.40. The number of aliphatic carboxylic acids is 1. The van der Waals surface area contributed by atoms with Gasteiger partial charge >= 0.3 is 5.97 Å². The Morgan fingerprint density at radius 1 is 1.04 bits per heavy atom. The Labute approximate surface area is 151 Å². The third-order valence-electron chi connectivity index (χ3n) is 3.80. The Morgan fingerprint density at radius 2 is 1.80 bits per heavy atom. The van der Waals surface area contributed by atoms with E-state index >= 15 is 0 Å². The summed E-state index contributed by atoms with van der Waals surface area (Å²) in [6, 6.07) is 12.7. The SMILES string of the molecule is O=C(O)C(CCCCCC(=O)C(O)c1ccco1)Sc1ccccc1. The molecule has 1 aromatic heterocycles. The number of carbonyl (C=O) groups excluding carboxylic acids is 1. The van der Waals surface area contributed by atoms with Gasteiger partial charge in [0.15, 0.2) is 11.9 Å². The molecule has 0 bridgehead atoms. The number of hydrogen-bond acceptors (Lipinski definition) is 5. The van der Waals surface area contributed by atoms with Crippen LogP contribution in [0.4, 0.5) is 0 Å². The molecule has 2 atom stereocenters. The molecule has 0 saturated carbocycles. The first-order valence-corrected chi connectivity index (χ1v) is 9.14. The second kappa shape index (κ2) is 10.1. The van der Waals surface area contributed by atoms with Crippen molar-refractivity contribution in [2.24, 2.45) is 0 Å². The predicted octanol–water partition coefficient (Wildman–Crippen LogP) is 4.08. The van der Waals surface area contributed by atoms with Crippen molar-refractivity contribution >= 4 is 23.5 Å². The van der Waals surface area contributed by atoms with E-state index in [9.17, 15) is 19.8 Å². The van der Waals surface area contributed by atoms with Gasteiger partial charge in [-0.25, -0.2) is 0 Å². The van der Waals surface area contributed by atoms with Crippen LogP contribution in [0.3, 0.4) is 0 Å². The lowest BCUT2D eigenvalue weighted by molar-refractivity contribution is -0.136. The number of carbonyl (C=O) groups is 2. The summed E-state index contributed by atoms with van der Waals surface area (Å²) in [5, 5.41) is 18.7. The van der Waals surface area contributed by atoms with E-state index < -0.39 is 17.3 Å². The van der Waals surface area contributed by atoms with E-state index in [0.717, 1.165) is 17.7 Å². The van der Waals surface area contributed by atoms with Gasteiger partial charge in [0.1, 0.15) is 11.0 Å². The van der Waals surface area contributed by atoms with Crippen molar-refractivity contribution in [2.75, 3.05) is 0 Å². The number of Topliss-reactive ketones (excluding diaryl/α,β-unsaturated/α-hetero) is 1. The number of carboxylic acid groups (broad SMARTS) is 1. The molecule has 1 aromatic carbocycles. The monoisotopic (exact) mass is 362 g/mol. The lowest BCUT2D eigenvalue weighted by atomic mass is 10.0. The molecular weight excluding hydrogens is 340 g/mol. The van der Waals surface area contributed by atoms with Crippen molar-refractivity contribution in [3.63, 3.8) is 0 Å². The molecule has 0 spiro atoms. The topological polar surface area (TPSA) is 87.7 Å². The number of hydrogen-bond donors (Lipinski definition) is 2. The maximum absolute atomic E-state index is 11.9. The third-order valence-corrected chi connectivity index (χ3v) is 5.07. The highest BCUT2D eigenvalue weighted by Gasteiger charge is 2.20. The lowest BCUT2D eigenvalue weighted by Crippen LogP contribution is -2.16. The Balaban J connectivity index is 1.68. The van der Waals surface area contributed by atoms with Crippen molar-refractivity contribution in [2.45, 2.75) is 48.4 Å². The molecule has 0 radical (unpaired) electrons. The summed E-state index contributed by atoms with van der Waals surface area (Å²) in [7, 11) is 0. The minimum Gasteiger partial charge on any atom is -0.480 e. The molecule has 2 N–H and O–H groups in total. The lowest BCUT2D eigenvalue weighted by Gasteiger charge is -2.12. The van der Waals surface area contributed by atoms with Crippen LogP contribution in [0.5, 0.6) is 0 Å². The Kier molecular flexibility index (Phi) is 7.76. The summed E-state index contributed by atoms with van der Waals surface area (Å²) in [6.45, 7) is 0. The normalized spacial score (nSPS) is 13.3. The fourth-order valence-corrected chi connectivity index (χ4v) is 3.47. The fraction of sp³-hybridized carbons (Fsp3) is 0.368. The van der Waals surface area contributed by atoms with Crippen LogP contribution in [0.2, 0.25) is 0 Å². The van der Waals surface area contributed by atoms with Gasteiger partial charge in [-0.15, -0.1) is 11.8 Å². The number of unbranched alkanes of at least 4 members (excludes halogenated alkanes) is 2. The average molecular weight is 362 g/mol. The molecule has 1 heterocycles. The maximum Gasteiger partial charge on any atom is 0.316 e. The number of ketones is 1. The van der Waals surface area contributed by atoms with Gasteiger partial charge in [0.25, 0.3) is 0 Å². The molecule has 0 aliphatic heterocycles. The van der Waals surface area contributed by atoms with Crippen LogP contribution >= 0.6 is 11.8 Å². The van der Waals surface area contributed by atoms with Crippen molar-refractivity contribution in [3.8, 4) is 0 Å². The molecular formula is C19H22O5S. The van der Waals surface area contributed by atoms with Crippen molar-refractivity contribution in [1.82, 2.24) is 0 Å². The van der Waals surface area contributed by atoms with E-state index in [-0.39, 0.29) is 18.0 Å². The summed E-state index contributed by atoms with van der Waals surface area (Å²) in [4.78, 5) is 24.2. The summed E-state index contributed by atoms with van der Waals surface area (Å²) in [6.07, 6.45) is 3.10. The Hall–Kier alpha value is -2.05. The van der Waals surface area contributed by atoms with Gasteiger partial charge in [-0.05, 0) is 37.1 Å². The van der Waals surface area contributed by atoms with Crippen LogP contribution in [0.15, 0.2) is 58.0 Å². The highest BCUT2D eigenvalue weighted by Crippen LogP contribution is 2.27. The Bertz CT molecular complexity index is 654. The largest absolute Gasteiger partial charge is 0.480 e. The van der Waals surface area contributed by atoms with Gasteiger partial charge in [-0.3, -0.25) is 9.59 Å². The zero-order chi connectivity index (χ0) is 18.1.